The highest BCUT2D eigenvalue weighted by atomic mass is 15.3. The van der Waals surface area contributed by atoms with Gasteiger partial charge in [0.2, 0.25) is 0 Å². The van der Waals surface area contributed by atoms with Gasteiger partial charge in [-0.2, -0.15) is 10.4 Å². The second kappa shape index (κ2) is 5.16. The molecule has 1 saturated heterocycles. The maximum Gasteiger partial charge on any atom is 0.169 e. The summed E-state index contributed by atoms with van der Waals surface area (Å²) in [5.74, 6) is 0.767. The lowest BCUT2D eigenvalue weighted by Gasteiger charge is -2.39. The van der Waals surface area contributed by atoms with Crippen molar-refractivity contribution in [2.45, 2.75) is 47.0 Å². The van der Waals surface area contributed by atoms with Gasteiger partial charge in [0.25, 0.3) is 0 Å². The summed E-state index contributed by atoms with van der Waals surface area (Å²) in [4.78, 5) is 2.22. The minimum atomic E-state index is 0.441. The molecular weight excluding hydrogens is 236 g/mol. The molecule has 4 heteroatoms. The fraction of sp³-hybridized carbons (Fsp3) is 0.667. The van der Waals surface area contributed by atoms with Gasteiger partial charge in [-0.1, -0.05) is 20.3 Å². The van der Waals surface area contributed by atoms with E-state index in [-0.39, 0.29) is 0 Å². The van der Waals surface area contributed by atoms with Gasteiger partial charge in [-0.05, 0) is 37.7 Å². The zero-order valence-corrected chi connectivity index (χ0v) is 12.3. The lowest BCUT2D eigenvalue weighted by atomic mass is 9.78. The highest BCUT2D eigenvalue weighted by Gasteiger charge is 2.30. The molecule has 1 aromatic heterocycles. The molecule has 2 heterocycles. The first-order chi connectivity index (χ1) is 9.00. The molecule has 4 nitrogen and oxygen atoms in total. The summed E-state index contributed by atoms with van der Waals surface area (Å²) < 4.78 is 0. The summed E-state index contributed by atoms with van der Waals surface area (Å²) in [6, 6.07) is 2.29. The lowest BCUT2D eigenvalue weighted by Crippen LogP contribution is -2.39. The summed E-state index contributed by atoms with van der Waals surface area (Å²) >= 11 is 0. The molecule has 0 radical (unpaired) electrons. The molecule has 0 aromatic carbocycles. The van der Waals surface area contributed by atoms with Gasteiger partial charge < -0.3 is 4.90 Å². The Bertz CT molecular complexity index is 508. The van der Waals surface area contributed by atoms with Gasteiger partial charge in [-0.3, -0.25) is 0 Å². The predicted octanol–water partition coefficient (Wildman–Crippen LogP) is 2.98. The van der Waals surface area contributed by atoms with Gasteiger partial charge in [0.15, 0.2) is 5.82 Å². The van der Waals surface area contributed by atoms with Crippen molar-refractivity contribution < 1.29 is 0 Å². The lowest BCUT2D eigenvalue weighted by molar-refractivity contribution is 0.237. The fourth-order valence-electron chi connectivity index (χ4n) is 2.56. The van der Waals surface area contributed by atoms with Gasteiger partial charge in [0.05, 0.1) is 5.69 Å². The van der Waals surface area contributed by atoms with Crippen molar-refractivity contribution in [2.24, 2.45) is 5.41 Å². The number of hydrogen-bond acceptors (Lipinski definition) is 4. The number of piperidine rings is 1. The number of nitrogens with zero attached hydrogens (tertiary/aromatic N) is 4. The molecule has 1 fully saturated rings. The third-order valence-electron chi connectivity index (χ3n) is 4.67. The SMILES string of the molecule is CCC1(C)CCN(c2nnc(C)c(C)c2C#N)CC1. The first-order valence-corrected chi connectivity index (χ1v) is 6.99. The Labute approximate surface area is 115 Å². The van der Waals surface area contributed by atoms with Crippen LogP contribution in [-0.2, 0) is 0 Å². The molecule has 0 bridgehead atoms. The largest absolute Gasteiger partial charge is 0.354 e. The van der Waals surface area contributed by atoms with Crippen LogP contribution in [0.15, 0.2) is 0 Å². The first-order valence-electron chi connectivity index (χ1n) is 6.99. The van der Waals surface area contributed by atoms with Gasteiger partial charge in [-0.15, -0.1) is 5.10 Å². The van der Waals surface area contributed by atoms with E-state index < -0.39 is 0 Å². The molecule has 102 valence electrons. The molecular formula is C15H22N4. The molecule has 19 heavy (non-hydrogen) atoms. The summed E-state index contributed by atoms with van der Waals surface area (Å²) in [5, 5.41) is 17.8. The molecule has 0 amide bonds. The number of hydrogen-bond donors (Lipinski definition) is 0. The Morgan fingerprint density at radius 2 is 1.89 bits per heavy atom. The summed E-state index contributed by atoms with van der Waals surface area (Å²) in [5.41, 5.74) is 2.93. The van der Waals surface area contributed by atoms with Crippen molar-refractivity contribution in [3.63, 3.8) is 0 Å². The second-order valence-corrected chi connectivity index (χ2v) is 5.87. The Balaban J connectivity index is 2.26. The number of nitriles is 1. The van der Waals surface area contributed by atoms with Gasteiger partial charge >= 0.3 is 0 Å². The van der Waals surface area contributed by atoms with Gasteiger partial charge in [0, 0.05) is 13.1 Å². The topological polar surface area (TPSA) is 52.8 Å². The van der Waals surface area contributed by atoms with Crippen LogP contribution in [0.3, 0.4) is 0 Å². The van der Waals surface area contributed by atoms with E-state index in [1.54, 1.807) is 0 Å². The molecule has 1 aromatic rings. The highest BCUT2D eigenvalue weighted by molar-refractivity contribution is 5.57. The van der Waals surface area contributed by atoms with Crippen molar-refractivity contribution >= 4 is 5.82 Å². The van der Waals surface area contributed by atoms with E-state index in [1.165, 1.54) is 6.42 Å². The molecule has 0 spiro atoms. The summed E-state index contributed by atoms with van der Waals surface area (Å²) in [6.07, 6.45) is 3.52. The van der Waals surface area contributed by atoms with E-state index in [1.807, 2.05) is 13.8 Å². The second-order valence-electron chi connectivity index (χ2n) is 5.87. The Kier molecular flexibility index (Phi) is 3.75. The number of rotatable bonds is 2. The quantitative estimate of drug-likeness (QED) is 0.818. The van der Waals surface area contributed by atoms with Gasteiger partial charge in [0.1, 0.15) is 11.6 Å². The van der Waals surface area contributed by atoms with Crippen LogP contribution in [0.4, 0.5) is 5.82 Å². The predicted molar refractivity (Wildman–Crippen MR) is 76.1 cm³/mol. The van der Waals surface area contributed by atoms with E-state index in [0.717, 1.165) is 43.0 Å². The standard InChI is InChI=1S/C15H22N4/c1-5-15(4)6-8-19(9-7-15)14-13(10-16)11(2)12(3)17-18-14/h5-9H2,1-4H3. The Morgan fingerprint density at radius 3 is 2.42 bits per heavy atom. The van der Waals surface area contributed by atoms with Crippen molar-refractivity contribution in [1.82, 2.24) is 10.2 Å². The molecule has 0 N–H and O–H groups in total. The molecule has 2 rings (SSSR count). The van der Waals surface area contributed by atoms with Crippen molar-refractivity contribution in [3.05, 3.63) is 16.8 Å². The van der Waals surface area contributed by atoms with Crippen LogP contribution in [0.25, 0.3) is 0 Å². The van der Waals surface area contributed by atoms with Crippen LogP contribution in [0, 0.1) is 30.6 Å². The third-order valence-corrected chi connectivity index (χ3v) is 4.67. The Hall–Kier alpha value is -1.63. The normalized spacial score (nSPS) is 18.2. The number of aryl methyl sites for hydroxylation is 1. The maximum atomic E-state index is 9.36. The van der Waals surface area contributed by atoms with Crippen molar-refractivity contribution in [3.8, 4) is 6.07 Å². The minimum Gasteiger partial charge on any atom is -0.354 e. The van der Waals surface area contributed by atoms with Crippen LogP contribution in [0.1, 0.15) is 49.9 Å². The summed E-state index contributed by atoms with van der Waals surface area (Å²) in [7, 11) is 0. The van der Waals surface area contributed by atoms with Crippen LogP contribution in [0.5, 0.6) is 0 Å². The minimum absolute atomic E-state index is 0.441. The smallest absolute Gasteiger partial charge is 0.169 e. The zero-order chi connectivity index (χ0) is 14.0. The highest BCUT2D eigenvalue weighted by Crippen LogP contribution is 2.36. The van der Waals surface area contributed by atoms with E-state index in [9.17, 15) is 5.26 Å². The molecule has 0 saturated carbocycles. The fourth-order valence-corrected chi connectivity index (χ4v) is 2.56. The van der Waals surface area contributed by atoms with Crippen LogP contribution >= 0.6 is 0 Å². The molecule has 0 aliphatic carbocycles. The average Bonchev–Trinajstić information content (AvgIpc) is 2.43. The zero-order valence-electron chi connectivity index (χ0n) is 12.3. The van der Waals surface area contributed by atoms with Crippen LogP contribution < -0.4 is 4.90 Å². The monoisotopic (exact) mass is 258 g/mol. The van der Waals surface area contributed by atoms with Gasteiger partial charge in [-0.25, -0.2) is 0 Å². The molecule has 1 aliphatic rings. The molecule has 0 unspecified atom stereocenters. The Morgan fingerprint density at radius 1 is 1.26 bits per heavy atom. The molecule has 1 aliphatic heterocycles. The summed E-state index contributed by atoms with van der Waals surface area (Å²) in [6.45, 7) is 10.4. The van der Waals surface area contributed by atoms with E-state index >= 15 is 0 Å². The molecule has 0 atom stereocenters. The van der Waals surface area contributed by atoms with E-state index in [2.05, 4.69) is 35.0 Å². The van der Waals surface area contributed by atoms with E-state index in [4.69, 9.17) is 0 Å². The van der Waals surface area contributed by atoms with Crippen molar-refractivity contribution in [2.75, 3.05) is 18.0 Å². The van der Waals surface area contributed by atoms with Crippen LogP contribution in [0.2, 0.25) is 0 Å². The maximum absolute atomic E-state index is 9.36. The number of aromatic nitrogens is 2. The van der Waals surface area contributed by atoms with E-state index in [0.29, 0.717) is 11.0 Å². The third kappa shape index (κ3) is 2.56. The first kappa shape index (κ1) is 13.8. The average molecular weight is 258 g/mol. The number of anilines is 1. The van der Waals surface area contributed by atoms with Crippen molar-refractivity contribution in [1.29, 1.82) is 5.26 Å². The van der Waals surface area contributed by atoms with Crippen LogP contribution in [-0.4, -0.2) is 23.3 Å².